The first-order valence-electron chi connectivity index (χ1n) is 6.88. The Kier molecular flexibility index (Phi) is 5.74. The Morgan fingerprint density at radius 1 is 1.45 bits per heavy atom. The second-order valence-corrected chi connectivity index (χ2v) is 5.18. The predicted octanol–water partition coefficient (Wildman–Crippen LogP) is 3.45. The number of hydrogen-bond donors (Lipinski definition) is 0. The van der Waals surface area contributed by atoms with E-state index in [1.54, 1.807) is 13.4 Å². The van der Waals surface area contributed by atoms with Crippen LogP contribution in [0.3, 0.4) is 0 Å². The zero-order valence-electron chi connectivity index (χ0n) is 13.2. The summed E-state index contributed by atoms with van der Waals surface area (Å²) in [5.74, 6) is 0.621. The van der Waals surface area contributed by atoms with E-state index in [-0.39, 0.29) is 11.7 Å². The number of aliphatic imine (C=N–C) groups is 1. The van der Waals surface area contributed by atoms with Gasteiger partial charge in [-0.05, 0) is 25.5 Å². The number of Topliss-reactive ketones (excluding diaryl/α,β-unsaturated/α-hetero) is 1. The number of hydrogen-bond acceptors (Lipinski definition) is 3. The van der Waals surface area contributed by atoms with E-state index in [1.807, 2.05) is 44.9 Å². The minimum absolute atomic E-state index is 0.0520. The lowest BCUT2D eigenvalue weighted by Crippen LogP contribution is -2.14. The van der Waals surface area contributed by atoms with Crippen LogP contribution in [0, 0.1) is 12.8 Å². The highest BCUT2D eigenvalue weighted by Crippen LogP contribution is 2.30. The Labute approximate surface area is 121 Å². The molecule has 0 aliphatic rings. The molecule has 0 saturated carbocycles. The molecule has 0 aliphatic heterocycles. The summed E-state index contributed by atoms with van der Waals surface area (Å²) in [6.45, 7) is 8.68. The van der Waals surface area contributed by atoms with E-state index in [2.05, 4.69) is 11.9 Å². The fraction of sp³-hybridized carbons (Fsp3) is 0.500. The van der Waals surface area contributed by atoms with Crippen molar-refractivity contribution in [1.82, 2.24) is 4.90 Å². The Morgan fingerprint density at radius 3 is 2.60 bits per heavy atom. The van der Waals surface area contributed by atoms with E-state index in [0.717, 1.165) is 17.8 Å². The number of nitrogens with zero attached hydrogens (tertiary/aromatic N) is 2. The van der Waals surface area contributed by atoms with E-state index in [1.165, 1.54) is 0 Å². The van der Waals surface area contributed by atoms with Gasteiger partial charge >= 0.3 is 0 Å². The van der Waals surface area contributed by atoms with Crippen molar-refractivity contribution >= 4 is 17.8 Å². The topological polar surface area (TPSA) is 41.9 Å². The molecule has 0 aliphatic carbocycles. The number of methoxy groups -OCH3 is 1. The van der Waals surface area contributed by atoms with E-state index in [0.29, 0.717) is 11.3 Å². The number of aryl methyl sites for hydroxylation is 1. The SMILES string of the molecule is CCN(C)C=Nc1cc(OC)c(C(=O)C(C)C)cc1C. The molecule has 1 aromatic carbocycles. The van der Waals surface area contributed by atoms with E-state index in [9.17, 15) is 4.79 Å². The molecular weight excluding hydrogens is 252 g/mol. The van der Waals surface area contributed by atoms with Gasteiger partial charge in [-0.25, -0.2) is 4.99 Å². The molecule has 0 N–H and O–H groups in total. The summed E-state index contributed by atoms with van der Waals surface area (Å²) < 4.78 is 5.34. The molecule has 0 heterocycles. The van der Waals surface area contributed by atoms with Crippen molar-refractivity contribution < 1.29 is 9.53 Å². The van der Waals surface area contributed by atoms with Crippen LogP contribution in [0.25, 0.3) is 0 Å². The standard InChI is InChI=1S/C16H24N2O2/c1-7-18(5)10-17-14-9-15(20-6)13(8-12(14)4)16(19)11(2)3/h8-11H,7H2,1-6H3. The smallest absolute Gasteiger partial charge is 0.169 e. The van der Waals surface area contributed by atoms with Crippen molar-refractivity contribution in [3.05, 3.63) is 23.3 Å². The van der Waals surface area contributed by atoms with Gasteiger partial charge in [-0.2, -0.15) is 0 Å². The second-order valence-electron chi connectivity index (χ2n) is 5.18. The van der Waals surface area contributed by atoms with Gasteiger partial charge in [0.05, 0.1) is 24.7 Å². The summed E-state index contributed by atoms with van der Waals surface area (Å²) in [6, 6.07) is 3.69. The minimum atomic E-state index is -0.0520. The van der Waals surface area contributed by atoms with Crippen molar-refractivity contribution in [3.63, 3.8) is 0 Å². The molecule has 0 amide bonds. The van der Waals surface area contributed by atoms with E-state index in [4.69, 9.17) is 4.74 Å². The normalized spacial score (nSPS) is 11.2. The average Bonchev–Trinajstić information content (AvgIpc) is 2.44. The van der Waals surface area contributed by atoms with Crippen LogP contribution < -0.4 is 4.74 Å². The first-order valence-corrected chi connectivity index (χ1v) is 6.88. The summed E-state index contributed by atoms with van der Waals surface area (Å²) >= 11 is 0. The molecule has 0 saturated heterocycles. The summed E-state index contributed by atoms with van der Waals surface area (Å²) in [5, 5.41) is 0. The average molecular weight is 276 g/mol. The maximum absolute atomic E-state index is 12.2. The fourth-order valence-electron chi connectivity index (χ4n) is 1.73. The third-order valence-corrected chi connectivity index (χ3v) is 3.20. The third-order valence-electron chi connectivity index (χ3n) is 3.20. The van der Waals surface area contributed by atoms with Gasteiger partial charge in [-0.1, -0.05) is 13.8 Å². The van der Waals surface area contributed by atoms with Gasteiger partial charge in [0.25, 0.3) is 0 Å². The first-order chi connectivity index (χ1) is 9.40. The number of carbonyl (C=O) groups excluding carboxylic acids is 1. The van der Waals surface area contributed by atoms with Crippen LogP contribution in [0.2, 0.25) is 0 Å². The highest BCUT2D eigenvalue weighted by atomic mass is 16.5. The molecule has 0 aromatic heterocycles. The van der Waals surface area contributed by atoms with Crippen LogP contribution >= 0.6 is 0 Å². The number of ketones is 1. The molecule has 20 heavy (non-hydrogen) atoms. The Morgan fingerprint density at radius 2 is 2.10 bits per heavy atom. The predicted molar refractivity (Wildman–Crippen MR) is 83.4 cm³/mol. The Bertz CT molecular complexity index is 507. The quantitative estimate of drug-likeness (QED) is 0.454. The molecular formula is C16H24N2O2. The summed E-state index contributed by atoms with van der Waals surface area (Å²) in [5.41, 5.74) is 2.42. The lowest BCUT2D eigenvalue weighted by molar-refractivity contribution is 0.0936. The Balaban J connectivity index is 3.20. The van der Waals surface area contributed by atoms with Crippen LogP contribution in [0.5, 0.6) is 5.75 Å². The molecule has 4 heteroatoms. The monoisotopic (exact) mass is 276 g/mol. The van der Waals surface area contributed by atoms with Crippen LogP contribution in [0.4, 0.5) is 5.69 Å². The van der Waals surface area contributed by atoms with E-state index < -0.39 is 0 Å². The largest absolute Gasteiger partial charge is 0.496 e. The summed E-state index contributed by atoms with van der Waals surface area (Å²) in [6.07, 6.45) is 1.78. The number of carbonyl (C=O) groups is 1. The summed E-state index contributed by atoms with van der Waals surface area (Å²) in [7, 11) is 3.54. The fourth-order valence-corrected chi connectivity index (χ4v) is 1.73. The van der Waals surface area contributed by atoms with Crippen molar-refractivity contribution in [2.45, 2.75) is 27.7 Å². The second kappa shape index (κ2) is 7.08. The van der Waals surface area contributed by atoms with Crippen LogP contribution in [-0.4, -0.2) is 37.7 Å². The lowest BCUT2D eigenvalue weighted by atomic mass is 9.98. The van der Waals surface area contributed by atoms with Crippen molar-refractivity contribution in [3.8, 4) is 5.75 Å². The van der Waals surface area contributed by atoms with Crippen molar-refractivity contribution in [2.75, 3.05) is 20.7 Å². The molecule has 0 radical (unpaired) electrons. The first kappa shape index (κ1) is 16.2. The zero-order chi connectivity index (χ0) is 15.3. The molecule has 0 atom stereocenters. The number of benzene rings is 1. The molecule has 4 nitrogen and oxygen atoms in total. The molecule has 0 unspecified atom stereocenters. The van der Waals surface area contributed by atoms with E-state index >= 15 is 0 Å². The maximum atomic E-state index is 12.2. The molecule has 0 spiro atoms. The van der Waals surface area contributed by atoms with Crippen LogP contribution in [0.15, 0.2) is 17.1 Å². The molecule has 110 valence electrons. The molecule has 0 bridgehead atoms. The minimum Gasteiger partial charge on any atom is -0.496 e. The summed E-state index contributed by atoms with van der Waals surface area (Å²) in [4.78, 5) is 18.6. The van der Waals surface area contributed by atoms with Crippen LogP contribution in [-0.2, 0) is 0 Å². The van der Waals surface area contributed by atoms with Gasteiger partial charge in [0.2, 0.25) is 0 Å². The highest BCUT2D eigenvalue weighted by Gasteiger charge is 2.17. The van der Waals surface area contributed by atoms with Gasteiger partial charge < -0.3 is 9.64 Å². The van der Waals surface area contributed by atoms with Gasteiger partial charge in [-0.3, -0.25) is 4.79 Å². The third kappa shape index (κ3) is 3.83. The molecule has 1 aromatic rings. The molecule has 0 fully saturated rings. The van der Waals surface area contributed by atoms with Crippen molar-refractivity contribution in [1.29, 1.82) is 0 Å². The lowest BCUT2D eigenvalue weighted by Gasteiger charge is -2.13. The van der Waals surface area contributed by atoms with Crippen molar-refractivity contribution in [2.24, 2.45) is 10.9 Å². The van der Waals surface area contributed by atoms with Crippen LogP contribution in [0.1, 0.15) is 36.7 Å². The van der Waals surface area contributed by atoms with Gasteiger partial charge in [0.15, 0.2) is 5.78 Å². The van der Waals surface area contributed by atoms with Gasteiger partial charge in [0, 0.05) is 25.6 Å². The van der Waals surface area contributed by atoms with Gasteiger partial charge in [0.1, 0.15) is 5.75 Å². The number of rotatable bonds is 6. The highest BCUT2D eigenvalue weighted by molar-refractivity contribution is 6.00. The van der Waals surface area contributed by atoms with Gasteiger partial charge in [-0.15, -0.1) is 0 Å². The number of ether oxygens (including phenoxy) is 1. The molecule has 1 rings (SSSR count). The Hall–Kier alpha value is -1.84. The maximum Gasteiger partial charge on any atom is 0.169 e. The zero-order valence-corrected chi connectivity index (χ0v) is 13.2.